The lowest BCUT2D eigenvalue weighted by Crippen LogP contribution is -2.13. The largest absolute Gasteiger partial charge is 0.309 e. The molecule has 1 aromatic heterocycles. The molecule has 4 heteroatoms. The van der Waals surface area contributed by atoms with Crippen LogP contribution in [-0.4, -0.2) is 11.5 Å². The molecule has 0 unspecified atom stereocenters. The number of nitriles is 1. The average Bonchev–Trinajstić information content (AvgIpc) is 2.50. The fourth-order valence-corrected chi connectivity index (χ4v) is 1.27. The molecule has 0 aromatic carbocycles. The Bertz CT molecular complexity index is 224. The van der Waals surface area contributed by atoms with E-state index in [0.29, 0.717) is 6.42 Å². The number of thiazole rings is 1. The zero-order valence-corrected chi connectivity index (χ0v) is 6.90. The Hall–Kier alpha value is -0.920. The van der Waals surface area contributed by atoms with E-state index in [-0.39, 0.29) is 0 Å². The third kappa shape index (κ3) is 3.12. The molecule has 0 saturated carbocycles. The zero-order valence-electron chi connectivity index (χ0n) is 6.08. The van der Waals surface area contributed by atoms with E-state index in [1.807, 2.05) is 5.38 Å². The maximum Gasteiger partial charge on any atom is 0.106 e. The number of nitrogens with zero attached hydrogens (tertiary/aromatic N) is 2. The van der Waals surface area contributed by atoms with E-state index in [1.165, 1.54) is 0 Å². The van der Waals surface area contributed by atoms with Crippen LogP contribution in [-0.2, 0) is 6.54 Å². The lowest BCUT2D eigenvalue weighted by molar-refractivity contribution is 0.695. The van der Waals surface area contributed by atoms with Gasteiger partial charge in [0.2, 0.25) is 0 Å². The van der Waals surface area contributed by atoms with Gasteiger partial charge >= 0.3 is 0 Å². The van der Waals surface area contributed by atoms with Crippen molar-refractivity contribution in [3.8, 4) is 6.07 Å². The molecule has 0 saturated heterocycles. The topological polar surface area (TPSA) is 48.7 Å². The molecule has 0 bridgehead atoms. The molecule has 1 heterocycles. The minimum Gasteiger partial charge on any atom is -0.309 e. The first-order chi connectivity index (χ1) is 5.43. The van der Waals surface area contributed by atoms with Gasteiger partial charge in [0.1, 0.15) is 5.01 Å². The molecule has 0 aliphatic heterocycles. The molecule has 1 aromatic rings. The maximum atomic E-state index is 8.22. The summed E-state index contributed by atoms with van der Waals surface area (Å²) in [6.07, 6.45) is 2.34. The van der Waals surface area contributed by atoms with E-state index in [1.54, 1.807) is 17.5 Å². The van der Waals surface area contributed by atoms with E-state index < -0.39 is 0 Å². The van der Waals surface area contributed by atoms with Crippen LogP contribution in [0.2, 0.25) is 0 Å². The van der Waals surface area contributed by atoms with Crippen molar-refractivity contribution in [2.75, 3.05) is 6.54 Å². The summed E-state index contributed by atoms with van der Waals surface area (Å²) in [5.41, 5.74) is 0. The minimum atomic E-state index is 0.561. The lowest BCUT2D eigenvalue weighted by atomic mass is 10.4. The predicted molar refractivity (Wildman–Crippen MR) is 44.1 cm³/mol. The van der Waals surface area contributed by atoms with Crippen LogP contribution in [0, 0.1) is 11.3 Å². The molecular formula is C7H9N3S. The molecule has 58 valence electrons. The Morgan fingerprint density at radius 1 is 1.73 bits per heavy atom. The van der Waals surface area contributed by atoms with Gasteiger partial charge in [-0.05, 0) is 0 Å². The van der Waals surface area contributed by atoms with Crippen LogP contribution in [0.1, 0.15) is 11.4 Å². The van der Waals surface area contributed by atoms with Gasteiger partial charge in [0.05, 0.1) is 6.07 Å². The van der Waals surface area contributed by atoms with E-state index in [9.17, 15) is 0 Å². The molecule has 1 N–H and O–H groups in total. The van der Waals surface area contributed by atoms with E-state index in [0.717, 1.165) is 18.1 Å². The zero-order chi connectivity index (χ0) is 7.94. The van der Waals surface area contributed by atoms with Crippen LogP contribution in [0.25, 0.3) is 0 Å². The third-order valence-electron chi connectivity index (χ3n) is 1.17. The summed E-state index contributed by atoms with van der Waals surface area (Å²) in [4.78, 5) is 4.09. The molecule has 0 aliphatic carbocycles. The van der Waals surface area contributed by atoms with Crippen LogP contribution >= 0.6 is 11.3 Å². The molecule has 0 amide bonds. The molecule has 0 radical (unpaired) electrons. The van der Waals surface area contributed by atoms with Crippen LogP contribution in [0.15, 0.2) is 11.6 Å². The first-order valence-electron chi connectivity index (χ1n) is 3.39. The molecule has 0 fully saturated rings. The minimum absolute atomic E-state index is 0.561. The van der Waals surface area contributed by atoms with Crippen molar-refractivity contribution in [1.82, 2.24) is 10.3 Å². The Labute approximate surface area is 69.7 Å². The molecule has 11 heavy (non-hydrogen) atoms. The molecule has 1 rings (SSSR count). The Balaban J connectivity index is 2.10. The van der Waals surface area contributed by atoms with Gasteiger partial charge in [0.15, 0.2) is 0 Å². The van der Waals surface area contributed by atoms with Crippen LogP contribution < -0.4 is 5.32 Å². The van der Waals surface area contributed by atoms with Crippen LogP contribution in [0.3, 0.4) is 0 Å². The monoisotopic (exact) mass is 167 g/mol. The summed E-state index contributed by atoms with van der Waals surface area (Å²) in [7, 11) is 0. The van der Waals surface area contributed by atoms with E-state index >= 15 is 0 Å². The highest BCUT2D eigenvalue weighted by atomic mass is 32.1. The summed E-state index contributed by atoms with van der Waals surface area (Å²) in [6.45, 7) is 1.52. The van der Waals surface area contributed by atoms with Gasteiger partial charge in [-0.1, -0.05) is 0 Å². The van der Waals surface area contributed by atoms with Crippen molar-refractivity contribution < 1.29 is 0 Å². The maximum absolute atomic E-state index is 8.22. The first-order valence-corrected chi connectivity index (χ1v) is 4.27. The number of hydrogen-bond acceptors (Lipinski definition) is 4. The van der Waals surface area contributed by atoms with Gasteiger partial charge in [-0.2, -0.15) is 5.26 Å². The van der Waals surface area contributed by atoms with Gasteiger partial charge in [0.25, 0.3) is 0 Å². The smallest absolute Gasteiger partial charge is 0.106 e. The highest BCUT2D eigenvalue weighted by Gasteiger charge is 1.92. The summed E-state index contributed by atoms with van der Waals surface area (Å²) in [6, 6.07) is 2.07. The number of aromatic nitrogens is 1. The Kier molecular flexibility index (Phi) is 3.59. The molecular weight excluding hydrogens is 158 g/mol. The standard InChI is InChI=1S/C7H9N3S/c8-2-1-3-9-6-7-10-4-5-11-7/h4-5,9H,1,3,6H2. The second-order valence-electron chi connectivity index (χ2n) is 2.01. The Morgan fingerprint density at radius 2 is 2.64 bits per heavy atom. The van der Waals surface area contributed by atoms with Crippen molar-refractivity contribution in [1.29, 1.82) is 5.26 Å². The average molecular weight is 167 g/mol. The summed E-state index contributed by atoms with van der Waals surface area (Å²) < 4.78 is 0. The van der Waals surface area contributed by atoms with Gasteiger partial charge in [-0.25, -0.2) is 4.98 Å². The number of rotatable bonds is 4. The van der Waals surface area contributed by atoms with Gasteiger partial charge in [-0.3, -0.25) is 0 Å². The summed E-state index contributed by atoms with van der Waals surface area (Å²) in [5, 5.41) is 14.4. The number of hydrogen-bond donors (Lipinski definition) is 1. The highest BCUT2D eigenvalue weighted by Crippen LogP contribution is 2.01. The van der Waals surface area contributed by atoms with E-state index in [2.05, 4.69) is 16.4 Å². The van der Waals surface area contributed by atoms with Crippen LogP contribution in [0.5, 0.6) is 0 Å². The molecule has 3 nitrogen and oxygen atoms in total. The fraction of sp³-hybridized carbons (Fsp3) is 0.429. The van der Waals surface area contributed by atoms with E-state index in [4.69, 9.17) is 5.26 Å². The summed E-state index contributed by atoms with van der Waals surface area (Å²) in [5.74, 6) is 0. The fourth-order valence-electron chi connectivity index (χ4n) is 0.680. The van der Waals surface area contributed by atoms with Crippen LogP contribution in [0.4, 0.5) is 0 Å². The van der Waals surface area contributed by atoms with Crippen molar-refractivity contribution in [3.05, 3.63) is 16.6 Å². The molecule has 0 aliphatic rings. The molecule has 0 spiro atoms. The van der Waals surface area contributed by atoms with Crippen molar-refractivity contribution >= 4 is 11.3 Å². The Morgan fingerprint density at radius 3 is 3.27 bits per heavy atom. The second-order valence-corrected chi connectivity index (χ2v) is 2.99. The summed E-state index contributed by atoms with van der Waals surface area (Å²) >= 11 is 1.62. The highest BCUT2D eigenvalue weighted by molar-refractivity contribution is 7.09. The van der Waals surface area contributed by atoms with Crippen molar-refractivity contribution in [2.24, 2.45) is 0 Å². The van der Waals surface area contributed by atoms with Gasteiger partial charge in [-0.15, -0.1) is 11.3 Å². The molecule has 0 atom stereocenters. The quantitative estimate of drug-likeness (QED) is 0.684. The van der Waals surface area contributed by atoms with Crippen molar-refractivity contribution in [3.63, 3.8) is 0 Å². The third-order valence-corrected chi connectivity index (χ3v) is 1.95. The number of nitrogens with one attached hydrogen (secondary N) is 1. The van der Waals surface area contributed by atoms with Gasteiger partial charge in [0, 0.05) is 31.1 Å². The van der Waals surface area contributed by atoms with Crippen molar-refractivity contribution in [2.45, 2.75) is 13.0 Å². The van der Waals surface area contributed by atoms with Gasteiger partial charge < -0.3 is 5.32 Å². The SMILES string of the molecule is N#CCCNCc1nccs1. The predicted octanol–water partition coefficient (Wildman–Crippen LogP) is 1.15. The first kappa shape index (κ1) is 8.18. The second kappa shape index (κ2) is 4.83. The lowest BCUT2D eigenvalue weighted by Gasteiger charge is -1.95. The normalized spacial score (nSPS) is 9.36.